The number of hydrazone groups is 1. The number of hydrogen-bond acceptors (Lipinski definition) is 4. The third-order valence-corrected chi connectivity index (χ3v) is 6.69. The summed E-state index contributed by atoms with van der Waals surface area (Å²) in [7, 11) is 0. The molecule has 2 heterocycles. The van der Waals surface area contributed by atoms with Crippen LogP contribution in [0.2, 0.25) is 0 Å². The second kappa shape index (κ2) is 8.41. The van der Waals surface area contributed by atoms with Gasteiger partial charge < -0.3 is 4.74 Å². The van der Waals surface area contributed by atoms with Crippen LogP contribution in [0.25, 0.3) is 5.76 Å². The van der Waals surface area contributed by atoms with Gasteiger partial charge in [-0.25, -0.2) is 9.80 Å². The van der Waals surface area contributed by atoms with Gasteiger partial charge in [0.1, 0.15) is 5.76 Å². The van der Waals surface area contributed by atoms with Crippen LogP contribution in [0.4, 0.5) is 5.69 Å². The number of esters is 1. The van der Waals surface area contributed by atoms with Gasteiger partial charge in [-0.1, -0.05) is 109 Å². The number of anilines is 1. The molecule has 4 aromatic carbocycles. The van der Waals surface area contributed by atoms with Gasteiger partial charge in [-0.15, -0.1) is 0 Å². The summed E-state index contributed by atoms with van der Waals surface area (Å²) in [5.74, 6) is -0.136. The van der Waals surface area contributed by atoms with Crippen molar-refractivity contribution in [1.82, 2.24) is 0 Å². The predicted molar refractivity (Wildman–Crippen MR) is 139 cm³/mol. The first kappa shape index (κ1) is 21.1. The average molecular weight is 457 g/mol. The molecule has 4 heteroatoms. The van der Waals surface area contributed by atoms with E-state index in [1.165, 1.54) is 0 Å². The monoisotopic (exact) mass is 456 g/mol. The largest absolute Gasteiger partial charge is 0.424 e. The van der Waals surface area contributed by atoms with Crippen LogP contribution in [0.3, 0.4) is 0 Å². The van der Waals surface area contributed by atoms with E-state index in [2.05, 4.69) is 12.1 Å². The van der Waals surface area contributed by atoms with Crippen molar-refractivity contribution < 1.29 is 9.53 Å². The Balaban J connectivity index is 1.61. The zero-order chi connectivity index (χ0) is 23.8. The molecule has 0 saturated carbocycles. The van der Waals surface area contributed by atoms with Gasteiger partial charge in [0.15, 0.2) is 5.54 Å². The average Bonchev–Trinajstić information content (AvgIpc) is 3.44. The molecule has 0 N–H and O–H groups in total. The van der Waals surface area contributed by atoms with E-state index in [1.807, 2.05) is 121 Å². The Morgan fingerprint density at radius 3 is 2.00 bits per heavy atom. The molecule has 6 rings (SSSR count). The van der Waals surface area contributed by atoms with Gasteiger partial charge >= 0.3 is 5.97 Å². The summed E-state index contributed by atoms with van der Waals surface area (Å²) < 4.78 is 6.02. The molecule has 0 radical (unpaired) electrons. The molecule has 0 amide bonds. The number of hydrogen-bond donors (Lipinski definition) is 0. The second-order valence-electron chi connectivity index (χ2n) is 8.93. The minimum atomic E-state index is -1.16. The lowest BCUT2D eigenvalue weighted by molar-refractivity contribution is -0.139. The molecule has 2 aliphatic rings. The highest BCUT2D eigenvalue weighted by atomic mass is 16.5. The van der Waals surface area contributed by atoms with Crippen LogP contribution in [-0.4, -0.2) is 17.2 Å². The number of carbonyl (C=O) groups is 1. The lowest BCUT2D eigenvalue weighted by Crippen LogP contribution is -2.51. The summed E-state index contributed by atoms with van der Waals surface area (Å²) in [5, 5.41) is 6.96. The van der Waals surface area contributed by atoms with Crippen molar-refractivity contribution in [2.75, 3.05) is 5.01 Å². The van der Waals surface area contributed by atoms with Crippen molar-refractivity contribution >= 4 is 23.1 Å². The molecule has 1 spiro atoms. The quantitative estimate of drug-likeness (QED) is 0.337. The Hall–Kier alpha value is -4.44. The molecule has 2 atom stereocenters. The summed E-state index contributed by atoms with van der Waals surface area (Å²) in [6.45, 7) is 2.04. The fraction of sp³-hybridized carbons (Fsp3) is 0.0968. The number of benzene rings is 4. The molecule has 35 heavy (non-hydrogen) atoms. The Morgan fingerprint density at radius 2 is 1.34 bits per heavy atom. The smallest absolute Gasteiger partial charge is 0.344 e. The second-order valence-corrected chi connectivity index (χ2v) is 8.93. The van der Waals surface area contributed by atoms with E-state index < -0.39 is 5.54 Å². The van der Waals surface area contributed by atoms with Crippen LogP contribution in [-0.2, 0) is 9.53 Å². The zero-order valence-electron chi connectivity index (χ0n) is 19.3. The van der Waals surface area contributed by atoms with E-state index in [-0.39, 0.29) is 11.9 Å². The fourth-order valence-electron chi connectivity index (χ4n) is 4.99. The van der Waals surface area contributed by atoms with Crippen LogP contribution >= 0.6 is 0 Å². The Bertz CT molecular complexity index is 1430. The van der Waals surface area contributed by atoms with E-state index >= 15 is 0 Å². The van der Waals surface area contributed by atoms with E-state index in [0.717, 1.165) is 33.7 Å². The standard InChI is InChI=1S/C31H24N2O2/c1-22-17-19-23(20-18-22)27-21-31(30(34)35-27)28(24-11-5-2-6-12-24)29(25-13-7-3-8-14-25)32-33(31)26-15-9-4-10-16-26/h2-21,28H,1H3. The summed E-state index contributed by atoms with van der Waals surface area (Å²) in [4.78, 5) is 14.0. The van der Waals surface area contributed by atoms with Gasteiger partial charge in [0.05, 0.1) is 17.3 Å². The molecule has 0 aromatic heterocycles. The molecular weight excluding hydrogens is 432 g/mol. The Labute approximate surface area is 204 Å². The first-order valence-corrected chi connectivity index (χ1v) is 11.7. The SMILES string of the molecule is Cc1ccc(C2=CC3(C(=O)O2)C(c2ccccc2)C(c2ccccc2)=NN3c2ccccc2)cc1. The Kier molecular flexibility index (Phi) is 5.07. The van der Waals surface area contributed by atoms with Crippen LogP contribution in [0.15, 0.2) is 126 Å². The van der Waals surface area contributed by atoms with Crippen LogP contribution < -0.4 is 5.01 Å². The first-order valence-electron chi connectivity index (χ1n) is 11.7. The van der Waals surface area contributed by atoms with Crippen molar-refractivity contribution in [2.24, 2.45) is 5.10 Å². The number of carbonyl (C=O) groups excluding carboxylic acids is 1. The third-order valence-electron chi connectivity index (χ3n) is 6.69. The fourth-order valence-corrected chi connectivity index (χ4v) is 4.99. The van der Waals surface area contributed by atoms with Crippen molar-refractivity contribution in [3.63, 3.8) is 0 Å². The predicted octanol–water partition coefficient (Wildman–Crippen LogP) is 6.34. The maximum atomic E-state index is 14.0. The minimum absolute atomic E-state index is 0.333. The van der Waals surface area contributed by atoms with Gasteiger partial charge in [-0.05, 0) is 36.3 Å². The molecule has 0 fully saturated rings. The maximum absolute atomic E-state index is 14.0. The topological polar surface area (TPSA) is 41.9 Å². The summed E-state index contributed by atoms with van der Waals surface area (Å²) in [6, 6.07) is 38.1. The first-order chi connectivity index (χ1) is 17.2. The number of cyclic esters (lactones) is 1. The number of aryl methyl sites for hydroxylation is 1. The van der Waals surface area contributed by atoms with Crippen molar-refractivity contribution in [3.8, 4) is 0 Å². The number of nitrogens with zero attached hydrogens (tertiary/aromatic N) is 2. The molecule has 2 unspecified atom stereocenters. The zero-order valence-corrected chi connectivity index (χ0v) is 19.3. The normalized spacial score (nSPS) is 21.1. The number of rotatable bonds is 4. The highest BCUT2D eigenvalue weighted by molar-refractivity contribution is 6.15. The molecule has 0 saturated heterocycles. The molecule has 4 nitrogen and oxygen atoms in total. The third kappa shape index (κ3) is 3.46. The van der Waals surface area contributed by atoms with Crippen molar-refractivity contribution in [1.29, 1.82) is 0 Å². The van der Waals surface area contributed by atoms with Crippen molar-refractivity contribution in [2.45, 2.75) is 18.4 Å². The van der Waals surface area contributed by atoms with Crippen LogP contribution in [0.5, 0.6) is 0 Å². The molecule has 0 aliphatic carbocycles. The van der Waals surface area contributed by atoms with Crippen LogP contribution in [0, 0.1) is 6.92 Å². The number of ether oxygens (including phenoxy) is 1. The lowest BCUT2D eigenvalue weighted by Gasteiger charge is -2.34. The van der Waals surface area contributed by atoms with Gasteiger partial charge in [0.25, 0.3) is 0 Å². The van der Waals surface area contributed by atoms with Gasteiger partial charge in [-0.2, -0.15) is 5.10 Å². The van der Waals surface area contributed by atoms with E-state index in [4.69, 9.17) is 9.84 Å². The molecule has 0 bridgehead atoms. The minimum Gasteiger partial charge on any atom is -0.424 e. The van der Waals surface area contributed by atoms with E-state index in [1.54, 1.807) is 0 Å². The molecule has 170 valence electrons. The van der Waals surface area contributed by atoms with E-state index in [0.29, 0.717) is 5.76 Å². The van der Waals surface area contributed by atoms with Gasteiger partial charge in [0.2, 0.25) is 0 Å². The summed E-state index contributed by atoms with van der Waals surface area (Å²) in [5.41, 5.74) is 4.51. The maximum Gasteiger partial charge on any atom is 0.344 e. The lowest BCUT2D eigenvalue weighted by atomic mass is 9.75. The molecule has 2 aliphatic heterocycles. The highest BCUT2D eigenvalue weighted by Gasteiger charge is 2.61. The van der Waals surface area contributed by atoms with Gasteiger partial charge in [-0.3, -0.25) is 0 Å². The van der Waals surface area contributed by atoms with E-state index in [9.17, 15) is 4.79 Å². The Morgan fingerprint density at radius 1 is 0.743 bits per heavy atom. The highest BCUT2D eigenvalue weighted by Crippen LogP contribution is 2.50. The molecule has 4 aromatic rings. The van der Waals surface area contributed by atoms with Crippen LogP contribution in [0.1, 0.15) is 28.2 Å². The van der Waals surface area contributed by atoms with Crippen molar-refractivity contribution in [3.05, 3.63) is 144 Å². The summed E-state index contributed by atoms with van der Waals surface area (Å²) >= 11 is 0. The van der Waals surface area contributed by atoms with Gasteiger partial charge in [0, 0.05) is 5.56 Å². The number of para-hydroxylation sites is 1. The molecular formula is C31H24N2O2. The summed E-state index contributed by atoms with van der Waals surface area (Å²) in [6.07, 6.45) is 1.96.